The molecule has 0 heterocycles. The largest absolute Gasteiger partial charge is 2.00 e. The fourth-order valence-corrected chi connectivity index (χ4v) is 3.01. The molecule has 2 aromatic carbocycles. The second kappa shape index (κ2) is 8.64. The Hall–Kier alpha value is -1.65. The molecule has 8 nitrogen and oxygen atoms in total. The van der Waals surface area contributed by atoms with Crippen molar-refractivity contribution < 1.29 is 42.4 Å². The van der Waals surface area contributed by atoms with E-state index in [1.165, 1.54) is 24.3 Å². The average molecular weight is 429 g/mol. The minimum atomic E-state index is -4.49. The Labute approximate surface area is 156 Å². The Morgan fingerprint density at radius 1 is 0.720 bits per heavy atom. The van der Waals surface area contributed by atoms with Crippen molar-refractivity contribution in [3.63, 3.8) is 0 Å². The average Bonchev–Trinajstić information content (AvgIpc) is 2.42. The van der Waals surface area contributed by atoms with Crippen LogP contribution in [0.2, 0.25) is 0 Å². The molecule has 0 saturated carbocycles. The first-order valence-corrected chi connectivity index (χ1v) is 9.20. The van der Waals surface area contributed by atoms with Gasteiger partial charge in [-0.3, -0.25) is 0 Å². The van der Waals surface area contributed by atoms with E-state index in [0.29, 0.717) is 11.1 Å². The molecule has 2 aromatic rings. The molecular formula is C14H14N2NiO6S2-2. The van der Waals surface area contributed by atoms with E-state index in [1.54, 1.807) is 26.0 Å². The number of aryl methyl sites for hydroxylation is 2. The fraction of sp³-hybridized carbons (Fsp3) is 0.143. The number of hydrogen-bond acceptors (Lipinski definition) is 6. The topological polar surface area (TPSA) is 162 Å². The van der Waals surface area contributed by atoms with E-state index in [-0.39, 0.29) is 27.9 Å². The van der Waals surface area contributed by atoms with E-state index < -0.39 is 30.0 Å². The summed E-state index contributed by atoms with van der Waals surface area (Å²) in [5, 5.41) is 0. The molecule has 0 saturated heterocycles. The Bertz CT molecular complexity index is 880. The predicted octanol–water partition coefficient (Wildman–Crippen LogP) is 3.16. The normalized spacial score (nSPS) is 11.0. The van der Waals surface area contributed by atoms with Crippen molar-refractivity contribution in [3.8, 4) is 0 Å². The van der Waals surface area contributed by atoms with Gasteiger partial charge in [0.1, 0.15) is 20.2 Å². The molecule has 0 radical (unpaired) electrons. The van der Waals surface area contributed by atoms with Crippen LogP contribution in [-0.2, 0) is 36.7 Å². The molecule has 0 aliphatic carbocycles. The zero-order valence-electron chi connectivity index (χ0n) is 13.0. The van der Waals surface area contributed by atoms with Crippen LogP contribution in [0.5, 0.6) is 0 Å². The van der Waals surface area contributed by atoms with Crippen LogP contribution in [0.15, 0.2) is 46.2 Å². The van der Waals surface area contributed by atoms with Gasteiger partial charge in [0.15, 0.2) is 0 Å². The quantitative estimate of drug-likeness (QED) is 0.526. The minimum Gasteiger partial charge on any atom is -0.744 e. The molecule has 0 amide bonds. The van der Waals surface area contributed by atoms with Crippen molar-refractivity contribution in [3.05, 3.63) is 59.0 Å². The van der Waals surface area contributed by atoms with Crippen LogP contribution in [0.1, 0.15) is 11.1 Å². The van der Waals surface area contributed by atoms with E-state index in [9.17, 15) is 25.9 Å². The predicted molar refractivity (Wildman–Crippen MR) is 86.2 cm³/mol. The zero-order chi connectivity index (χ0) is 18.7. The first kappa shape index (κ1) is 23.4. The Kier molecular flexibility index (Phi) is 8.07. The number of hydrogen-bond donors (Lipinski definition) is 0. The molecule has 0 bridgehead atoms. The second-order valence-electron chi connectivity index (χ2n) is 4.91. The van der Waals surface area contributed by atoms with Gasteiger partial charge >= 0.3 is 16.5 Å². The zero-order valence-corrected chi connectivity index (χ0v) is 15.7. The van der Waals surface area contributed by atoms with E-state index in [4.69, 9.17) is 11.5 Å². The molecular weight excluding hydrogens is 415 g/mol. The smallest absolute Gasteiger partial charge is 0.744 e. The summed E-state index contributed by atoms with van der Waals surface area (Å²) < 4.78 is 63.2. The van der Waals surface area contributed by atoms with Crippen molar-refractivity contribution >= 4 is 31.6 Å². The summed E-state index contributed by atoms with van der Waals surface area (Å²) in [5.41, 5.74) is 15.1. The van der Waals surface area contributed by atoms with Gasteiger partial charge in [0, 0.05) is 9.79 Å². The van der Waals surface area contributed by atoms with E-state index in [0.717, 1.165) is 0 Å². The van der Waals surface area contributed by atoms with Crippen molar-refractivity contribution in [1.82, 2.24) is 0 Å². The van der Waals surface area contributed by atoms with Crippen molar-refractivity contribution in [2.24, 2.45) is 0 Å². The molecule has 0 fully saturated rings. The molecule has 0 aromatic heterocycles. The molecule has 0 aliphatic heterocycles. The van der Waals surface area contributed by atoms with Crippen LogP contribution in [0, 0.1) is 13.8 Å². The van der Waals surface area contributed by atoms with Gasteiger partial charge in [-0.1, -0.05) is 24.3 Å². The summed E-state index contributed by atoms with van der Waals surface area (Å²) in [6, 6.07) is 8.14. The number of benzene rings is 2. The molecule has 0 atom stereocenters. The maximum absolute atomic E-state index is 10.5. The summed E-state index contributed by atoms with van der Waals surface area (Å²) >= 11 is 0. The standard InChI is InChI=1S/2C7H8NO3S.Ni/c2*1-5-2-3-6(8)7(4-5)12(9,10)11;/h2*2-4,8H,1H3,(H,9,10,11);/q2*-1;+2/p-2. The van der Waals surface area contributed by atoms with Gasteiger partial charge in [0.25, 0.3) is 0 Å². The van der Waals surface area contributed by atoms with Gasteiger partial charge in [-0.05, 0) is 37.1 Å². The van der Waals surface area contributed by atoms with Gasteiger partial charge < -0.3 is 20.6 Å². The third-order valence-corrected chi connectivity index (χ3v) is 4.57. The van der Waals surface area contributed by atoms with Crippen LogP contribution in [0.4, 0.5) is 11.4 Å². The number of nitrogens with one attached hydrogen (secondary N) is 2. The molecule has 0 spiro atoms. The molecule has 0 unspecified atom stereocenters. The van der Waals surface area contributed by atoms with Crippen molar-refractivity contribution in [2.45, 2.75) is 23.6 Å². The Morgan fingerprint density at radius 3 is 1.20 bits per heavy atom. The molecule has 2 N–H and O–H groups in total. The van der Waals surface area contributed by atoms with Gasteiger partial charge in [-0.15, -0.1) is 11.4 Å². The minimum absolute atomic E-state index is 0. The summed E-state index contributed by atoms with van der Waals surface area (Å²) in [6.45, 7) is 3.32. The SMILES string of the molecule is Cc1ccc([NH-])c(S(=O)(=O)[O-])c1.Cc1ccc([NH-])c(S(=O)(=O)[O-])c1.[Ni+2]. The second-order valence-corrected chi connectivity index (χ2v) is 7.60. The van der Waals surface area contributed by atoms with E-state index in [1.807, 2.05) is 0 Å². The first-order chi connectivity index (χ1) is 10.8. The molecule has 0 aliphatic rings. The summed E-state index contributed by atoms with van der Waals surface area (Å²) in [4.78, 5) is -0.912. The van der Waals surface area contributed by atoms with Crippen LogP contribution >= 0.6 is 0 Å². The monoisotopic (exact) mass is 428 g/mol. The van der Waals surface area contributed by atoms with E-state index in [2.05, 4.69) is 0 Å². The Balaban J connectivity index is 0.000000443. The van der Waals surface area contributed by atoms with Gasteiger partial charge in [0.05, 0.1) is 0 Å². The van der Waals surface area contributed by atoms with Crippen LogP contribution in [0.3, 0.4) is 0 Å². The molecule has 140 valence electrons. The fourth-order valence-electron chi connectivity index (χ4n) is 1.67. The molecule has 2 rings (SSSR count). The summed E-state index contributed by atoms with van der Waals surface area (Å²) in [6.07, 6.45) is 0. The molecule has 11 heteroatoms. The van der Waals surface area contributed by atoms with Crippen molar-refractivity contribution in [1.29, 1.82) is 0 Å². The third-order valence-electron chi connectivity index (χ3n) is 2.81. The van der Waals surface area contributed by atoms with Gasteiger partial charge in [0.2, 0.25) is 0 Å². The number of rotatable bonds is 2. The Morgan fingerprint density at radius 2 is 1.00 bits per heavy atom. The van der Waals surface area contributed by atoms with Crippen LogP contribution in [0.25, 0.3) is 11.5 Å². The van der Waals surface area contributed by atoms with Gasteiger partial charge in [-0.2, -0.15) is 0 Å². The first-order valence-electron chi connectivity index (χ1n) is 6.38. The van der Waals surface area contributed by atoms with Gasteiger partial charge in [-0.25, -0.2) is 16.8 Å². The van der Waals surface area contributed by atoms with E-state index >= 15 is 0 Å². The maximum atomic E-state index is 10.5. The third kappa shape index (κ3) is 7.01. The molecule has 25 heavy (non-hydrogen) atoms. The summed E-state index contributed by atoms with van der Waals surface area (Å²) in [7, 11) is -8.99. The maximum Gasteiger partial charge on any atom is 2.00 e. The van der Waals surface area contributed by atoms with Crippen LogP contribution < -0.4 is 0 Å². The summed E-state index contributed by atoms with van der Waals surface area (Å²) in [5.74, 6) is 0. The van der Waals surface area contributed by atoms with Crippen LogP contribution in [-0.4, -0.2) is 25.9 Å². The van der Waals surface area contributed by atoms with Crippen molar-refractivity contribution in [2.75, 3.05) is 0 Å².